The third-order valence-corrected chi connectivity index (χ3v) is 5.51. The van der Waals surface area contributed by atoms with Gasteiger partial charge in [-0.1, -0.05) is 13.3 Å². The van der Waals surface area contributed by atoms with Crippen molar-refractivity contribution >= 4 is 17.5 Å². The van der Waals surface area contributed by atoms with Gasteiger partial charge in [-0.3, -0.25) is 24.4 Å². The first kappa shape index (κ1) is 28.5. The van der Waals surface area contributed by atoms with Gasteiger partial charge in [-0.15, -0.1) is 0 Å². The highest BCUT2D eigenvalue weighted by Gasteiger charge is 2.54. The van der Waals surface area contributed by atoms with Crippen LogP contribution in [0.25, 0.3) is 22.5 Å². The average Bonchev–Trinajstić information content (AvgIpc) is 3.32. The highest BCUT2D eigenvalue weighted by atomic mass is 19.4. The summed E-state index contributed by atoms with van der Waals surface area (Å²) in [5.74, 6) is -6.82. The molecule has 0 bridgehead atoms. The number of hydrogen-bond acceptors (Lipinski definition) is 5. The molecule has 0 saturated heterocycles. The molecule has 7 nitrogen and oxygen atoms in total. The molecule has 0 spiro atoms. The van der Waals surface area contributed by atoms with Gasteiger partial charge in [0.2, 0.25) is 0 Å². The second kappa shape index (κ2) is 11.6. The maximum atomic E-state index is 12.0. The molecule has 1 aliphatic heterocycles. The van der Waals surface area contributed by atoms with E-state index in [9.17, 15) is 40.7 Å². The fraction of sp³-hybridized carbons (Fsp3) is 0.320. The lowest BCUT2D eigenvalue weighted by Gasteiger charge is -2.11. The van der Waals surface area contributed by atoms with Crippen molar-refractivity contribution in [3.05, 3.63) is 59.7 Å². The van der Waals surface area contributed by atoms with E-state index in [2.05, 4.69) is 39.3 Å². The molecule has 2 N–H and O–H groups in total. The quantitative estimate of drug-likeness (QED) is 0.338. The minimum Gasteiger partial charge on any atom is -0.358 e. The lowest BCUT2D eigenvalue weighted by molar-refractivity contribution is -0.193. The number of fused-ring (bicyclic) bond motifs is 1. The number of halogens is 6. The number of carbonyl (C=O) groups excluding carboxylic acids is 3. The summed E-state index contributed by atoms with van der Waals surface area (Å²) in [6.45, 7) is 2.88. The highest BCUT2D eigenvalue weighted by molar-refractivity contribution is 6.41. The number of unbranched alkanes of at least 4 members (excludes halogenated alkanes) is 1. The van der Waals surface area contributed by atoms with Gasteiger partial charge in [-0.25, -0.2) is 0 Å². The number of aromatic amines is 1. The first-order valence-corrected chi connectivity index (χ1v) is 11.4. The van der Waals surface area contributed by atoms with Gasteiger partial charge in [0.05, 0.1) is 11.3 Å². The lowest BCUT2D eigenvalue weighted by Crippen LogP contribution is -2.39. The van der Waals surface area contributed by atoms with Gasteiger partial charge in [0.1, 0.15) is 0 Å². The van der Waals surface area contributed by atoms with Gasteiger partial charge >= 0.3 is 23.9 Å². The summed E-state index contributed by atoms with van der Waals surface area (Å²) in [5.41, 5.74) is 6.88. The highest BCUT2D eigenvalue weighted by Crippen LogP contribution is 2.27. The summed E-state index contributed by atoms with van der Waals surface area (Å²) in [7, 11) is 0. The second-order valence-electron chi connectivity index (χ2n) is 8.35. The fourth-order valence-electron chi connectivity index (χ4n) is 3.61. The summed E-state index contributed by atoms with van der Waals surface area (Å²) >= 11 is 0. The SMILES string of the molecule is CCCCc1cncc(-c2cc(-c3cc4c([nH]3)CCNC4=O)ccn2)c1.O=C(C(=O)C(F)(F)F)C(F)(F)F. The first-order valence-electron chi connectivity index (χ1n) is 11.4. The number of rotatable bonds is 6. The standard InChI is InChI=1S/C21H22N4O.C4F6O2/c1-2-3-4-14-9-16(13-22-12-14)19-10-15(5-7-23-19)20-11-17-18(25-20)6-8-24-21(17)26;5-3(6,7)1(11)2(12)4(8,9)10/h5,7,9-13,25H,2-4,6,8H2,1H3,(H,24,26);. The Labute approximate surface area is 212 Å². The van der Waals surface area contributed by atoms with Crippen molar-refractivity contribution in [1.82, 2.24) is 20.3 Å². The molecule has 38 heavy (non-hydrogen) atoms. The zero-order valence-electron chi connectivity index (χ0n) is 20.0. The molecule has 4 heterocycles. The number of nitrogens with one attached hydrogen (secondary N) is 2. The smallest absolute Gasteiger partial charge is 0.358 e. The normalized spacial score (nSPS) is 13.2. The van der Waals surface area contributed by atoms with Crippen molar-refractivity contribution in [2.45, 2.75) is 45.0 Å². The van der Waals surface area contributed by atoms with Gasteiger partial charge in [0, 0.05) is 54.1 Å². The lowest BCUT2D eigenvalue weighted by atomic mass is 10.0. The summed E-state index contributed by atoms with van der Waals surface area (Å²) < 4.78 is 67.0. The monoisotopic (exact) mass is 540 g/mol. The number of amides is 1. The fourth-order valence-corrected chi connectivity index (χ4v) is 3.61. The Balaban J connectivity index is 0.000000284. The predicted molar refractivity (Wildman–Crippen MR) is 124 cm³/mol. The molecular formula is C25H22F6N4O3. The number of hydrogen-bond donors (Lipinski definition) is 2. The molecule has 0 aromatic carbocycles. The molecule has 13 heteroatoms. The number of pyridine rings is 2. The molecule has 1 amide bonds. The number of alkyl halides is 6. The second-order valence-corrected chi connectivity index (χ2v) is 8.35. The van der Waals surface area contributed by atoms with E-state index < -0.39 is 23.9 Å². The Morgan fingerprint density at radius 2 is 1.66 bits per heavy atom. The van der Waals surface area contributed by atoms with Gasteiger partial charge in [-0.05, 0) is 42.7 Å². The summed E-state index contributed by atoms with van der Waals surface area (Å²) in [6.07, 6.45) is -1.74. The van der Waals surface area contributed by atoms with Gasteiger partial charge < -0.3 is 10.3 Å². The Bertz CT molecular complexity index is 1310. The van der Waals surface area contributed by atoms with Crippen molar-refractivity contribution in [2.24, 2.45) is 0 Å². The number of H-pyrrole nitrogens is 1. The Morgan fingerprint density at radius 3 is 2.26 bits per heavy atom. The van der Waals surface area contributed by atoms with Crippen LogP contribution < -0.4 is 5.32 Å². The van der Waals surface area contributed by atoms with E-state index in [1.807, 2.05) is 30.7 Å². The number of Topliss-reactive ketones (excluding diaryl/α,β-unsaturated/α-hetero) is 2. The van der Waals surface area contributed by atoms with Gasteiger partial charge in [0.15, 0.2) is 0 Å². The molecule has 0 saturated carbocycles. The molecule has 3 aromatic heterocycles. The van der Waals surface area contributed by atoms with Crippen LogP contribution in [0.1, 0.15) is 41.4 Å². The van der Waals surface area contributed by atoms with Crippen LogP contribution in [-0.4, -0.2) is 51.3 Å². The largest absolute Gasteiger partial charge is 0.458 e. The Hall–Kier alpha value is -4.03. The molecule has 0 fully saturated rings. The van der Waals surface area contributed by atoms with Crippen LogP contribution in [-0.2, 0) is 22.4 Å². The molecule has 0 radical (unpaired) electrons. The maximum Gasteiger partial charge on any atom is 0.458 e. The summed E-state index contributed by atoms with van der Waals surface area (Å²) in [4.78, 5) is 43.5. The van der Waals surface area contributed by atoms with Crippen LogP contribution in [0.3, 0.4) is 0 Å². The summed E-state index contributed by atoms with van der Waals surface area (Å²) in [6, 6.07) is 8.11. The van der Waals surface area contributed by atoms with E-state index in [4.69, 9.17) is 0 Å². The number of nitrogens with zero attached hydrogens (tertiary/aromatic N) is 2. The molecule has 4 rings (SSSR count). The van der Waals surface area contributed by atoms with Crippen molar-refractivity contribution in [3.8, 4) is 22.5 Å². The molecule has 0 atom stereocenters. The van der Waals surface area contributed by atoms with Crippen LogP contribution in [0.15, 0.2) is 42.9 Å². The minimum atomic E-state index is -5.77. The molecule has 202 valence electrons. The van der Waals surface area contributed by atoms with E-state index in [1.54, 1.807) is 0 Å². The topological polar surface area (TPSA) is 105 Å². The zero-order chi connectivity index (χ0) is 28.1. The third-order valence-electron chi connectivity index (χ3n) is 5.51. The maximum absolute atomic E-state index is 12.0. The van der Waals surface area contributed by atoms with Gasteiger partial charge in [-0.2, -0.15) is 26.3 Å². The molecule has 3 aromatic rings. The van der Waals surface area contributed by atoms with Crippen LogP contribution >= 0.6 is 0 Å². The van der Waals surface area contributed by atoms with Crippen LogP contribution in [0.5, 0.6) is 0 Å². The first-order chi connectivity index (χ1) is 17.8. The number of aromatic nitrogens is 3. The summed E-state index contributed by atoms with van der Waals surface area (Å²) in [5, 5.41) is 2.88. The van der Waals surface area contributed by atoms with Crippen LogP contribution in [0.4, 0.5) is 26.3 Å². The van der Waals surface area contributed by atoms with E-state index in [0.717, 1.165) is 53.0 Å². The molecular weight excluding hydrogens is 518 g/mol. The van der Waals surface area contributed by atoms with Crippen molar-refractivity contribution < 1.29 is 40.7 Å². The van der Waals surface area contributed by atoms with Crippen LogP contribution in [0.2, 0.25) is 0 Å². The van der Waals surface area contributed by atoms with Crippen molar-refractivity contribution in [1.29, 1.82) is 0 Å². The number of ketones is 2. The molecule has 1 aliphatic rings. The number of carbonyl (C=O) groups is 3. The predicted octanol–water partition coefficient (Wildman–Crippen LogP) is 5.02. The van der Waals surface area contributed by atoms with E-state index in [-0.39, 0.29) is 5.91 Å². The van der Waals surface area contributed by atoms with Crippen molar-refractivity contribution in [2.75, 3.05) is 6.54 Å². The van der Waals surface area contributed by atoms with Gasteiger partial charge in [0.25, 0.3) is 5.91 Å². The molecule has 0 aliphatic carbocycles. The minimum absolute atomic E-state index is 0.00384. The van der Waals surface area contributed by atoms with Crippen molar-refractivity contribution in [3.63, 3.8) is 0 Å². The van der Waals surface area contributed by atoms with E-state index >= 15 is 0 Å². The average molecular weight is 540 g/mol. The Morgan fingerprint density at radius 1 is 0.974 bits per heavy atom. The van der Waals surface area contributed by atoms with Crippen LogP contribution in [0, 0.1) is 0 Å². The van der Waals surface area contributed by atoms with E-state index in [1.165, 1.54) is 12.0 Å². The zero-order valence-corrected chi connectivity index (χ0v) is 20.0. The third kappa shape index (κ3) is 7.05. The molecule has 0 unspecified atom stereocenters. The van der Waals surface area contributed by atoms with E-state index in [0.29, 0.717) is 6.54 Å². The Kier molecular flexibility index (Phi) is 8.69. The number of aryl methyl sites for hydroxylation is 1.